The molecule has 4 heteroatoms. The molecule has 0 bridgehead atoms. The summed E-state index contributed by atoms with van der Waals surface area (Å²) in [5.41, 5.74) is 1.90. The van der Waals surface area contributed by atoms with E-state index in [1.54, 1.807) is 13.1 Å². The Labute approximate surface area is 91.6 Å². The van der Waals surface area contributed by atoms with Gasteiger partial charge in [0.1, 0.15) is 4.60 Å². The number of carbonyl (C=O) groups is 1. The fourth-order valence-corrected chi connectivity index (χ4v) is 1.46. The standard InChI is InChI=1S/C10H12BrNO2/c1-3-14-9(13)5-8-4-7(2)6-12-10(8)11/h4,6H,3,5H2,1-2H3. The largest absolute Gasteiger partial charge is 0.466 e. The van der Waals surface area contributed by atoms with Crippen LogP contribution in [0.25, 0.3) is 0 Å². The van der Waals surface area contributed by atoms with E-state index in [1.807, 2.05) is 13.0 Å². The number of rotatable bonds is 3. The van der Waals surface area contributed by atoms with Crippen molar-refractivity contribution in [3.05, 3.63) is 28.0 Å². The molecule has 0 aliphatic carbocycles. The summed E-state index contributed by atoms with van der Waals surface area (Å²) in [5.74, 6) is -0.222. The minimum absolute atomic E-state index is 0.222. The lowest BCUT2D eigenvalue weighted by Crippen LogP contribution is -2.08. The van der Waals surface area contributed by atoms with Gasteiger partial charge in [0, 0.05) is 6.20 Å². The Bertz CT molecular complexity index is 339. The van der Waals surface area contributed by atoms with Crippen molar-refractivity contribution in [3.63, 3.8) is 0 Å². The first-order valence-corrected chi connectivity index (χ1v) is 5.19. The van der Waals surface area contributed by atoms with Crippen molar-refractivity contribution in [2.45, 2.75) is 20.3 Å². The highest BCUT2D eigenvalue weighted by molar-refractivity contribution is 9.10. The third-order valence-corrected chi connectivity index (χ3v) is 2.40. The van der Waals surface area contributed by atoms with E-state index in [9.17, 15) is 4.79 Å². The first kappa shape index (κ1) is 11.2. The lowest BCUT2D eigenvalue weighted by atomic mass is 10.2. The van der Waals surface area contributed by atoms with Gasteiger partial charge in [0.25, 0.3) is 0 Å². The van der Waals surface area contributed by atoms with E-state index >= 15 is 0 Å². The number of aryl methyl sites for hydroxylation is 1. The molecule has 0 unspecified atom stereocenters. The summed E-state index contributed by atoms with van der Waals surface area (Å²) in [6.07, 6.45) is 2.02. The third-order valence-electron chi connectivity index (χ3n) is 1.69. The van der Waals surface area contributed by atoms with Crippen molar-refractivity contribution in [1.29, 1.82) is 0 Å². The lowest BCUT2D eigenvalue weighted by Gasteiger charge is -2.04. The molecule has 1 rings (SSSR count). The predicted molar refractivity (Wildman–Crippen MR) is 57.0 cm³/mol. The number of hydrogen-bond acceptors (Lipinski definition) is 3. The summed E-state index contributed by atoms with van der Waals surface area (Å²) in [6, 6.07) is 1.92. The summed E-state index contributed by atoms with van der Waals surface area (Å²) in [7, 11) is 0. The van der Waals surface area contributed by atoms with E-state index in [4.69, 9.17) is 4.74 Å². The zero-order valence-corrected chi connectivity index (χ0v) is 9.80. The number of carbonyl (C=O) groups excluding carboxylic acids is 1. The predicted octanol–water partition coefficient (Wildman–Crippen LogP) is 2.26. The van der Waals surface area contributed by atoms with Gasteiger partial charge < -0.3 is 4.74 Å². The molecule has 0 amide bonds. The van der Waals surface area contributed by atoms with Crippen LogP contribution in [0.1, 0.15) is 18.1 Å². The van der Waals surface area contributed by atoms with E-state index in [2.05, 4.69) is 20.9 Å². The average molecular weight is 258 g/mol. The van der Waals surface area contributed by atoms with Crippen molar-refractivity contribution in [1.82, 2.24) is 4.98 Å². The molecule has 0 spiro atoms. The lowest BCUT2D eigenvalue weighted by molar-refractivity contribution is -0.142. The van der Waals surface area contributed by atoms with Crippen molar-refractivity contribution >= 4 is 21.9 Å². The summed E-state index contributed by atoms with van der Waals surface area (Å²) < 4.78 is 5.56. The Balaban J connectivity index is 2.75. The van der Waals surface area contributed by atoms with Gasteiger partial charge in [-0.15, -0.1) is 0 Å². The van der Waals surface area contributed by atoms with Gasteiger partial charge in [-0.25, -0.2) is 4.98 Å². The number of pyridine rings is 1. The van der Waals surface area contributed by atoms with Crippen LogP contribution in [-0.4, -0.2) is 17.6 Å². The number of hydrogen-bond donors (Lipinski definition) is 0. The second kappa shape index (κ2) is 5.10. The summed E-state index contributed by atoms with van der Waals surface area (Å²) >= 11 is 3.29. The third kappa shape index (κ3) is 3.10. The van der Waals surface area contributed by atoms with Crippen molar-refractivity contribution < 1.29 is 9.53 Å². The van der Waals surface area contributed by atoms with E-state index in [1.165, 1.54) is 0 Å². The Hall–Kier alpha value is -0.900. The first-order chi connectivity index (χ1) is 6.63. The fourth-order valence-electron chi connectivity index (χ4n) is 1.10. The summed E-state index contributed by atoms with van der Waals surface area (Å²) in [4.78, 5) is 15.3. The topological polar surface area (TPSA) is 39.2 Å². The molecule has 0 radical (unpaired) electrons. The zero-order chi connectivity index (χ0) is 10.6. The fraction of sp³-hybridized carbons (Fsp3) is 0.400. The van der Waals surface area contributed by atoms with Gasteiger partial charge in [-0.3, -0.25) is 4.79 Å². The average Bonchev–Trinajstić information content (AvgIpc) is 2.12. The monoisotopic (exact) mass is 257 g/mol. The van der Waals surface area contributed by atoms with Crippen LogP contribution in [0.4, 0.5) is 0 Å². The zero-order valence-electron chi connectivity index (χ0n) is 8.21. The molecule has 0 saturated carbocycles. The highest BCUT2D eigenvalue weighted by atomic mass is 79.9. The second-order valence-electron chi connectivity index (χ2n) is 2.94. The molecule has 1 aromatic rings. The van der Waals surface area contributed by atoms with Crippen LogP contribution in [0.15, 0.2) is 16.9 Å². The SMILES string of the molecule is CCOC(=O)Cc1cc(C)cnc1Br. The van der Waals surface area contributed by atoms with Crippen LogP contribution in [0.3, 0.4) is 0 Å². The summed E-state index contributed by atoms with van der Waals surface area (Å²) in [6.45, 7) is 4.14. The quantitative estimate of drug-likeness (QED) is 0.616. The molecular formula is C10H12BrNO2. The molecule has 1 heterocycles. The number of ether oxygens (including phenoxy) is 1. The van der Waals surface area contributed by atoms with Crippen LogP contribution in [0.2, 0.25) is 0 Å². The van der Waals surface area contributed by atoms with E-state index in [0.717, 1.165) is 11.1 Å². The molecule has 0 aromatic carbocycles. The Kier molecular flexibility index (Phi) is 4.07. The molecule has 0 aliphatic rings. The van der Waals surface area contributed by atoms with Crippen LogP contribution in [0, 0.1) is 6.92 Å². The maximum Gasteiger partial charge on any atom is 0.310 e. The molecule has 14 heavy (non-hydrogen) atoms. The number of esters is 1. The normalized spacial score (nSPS) is 9.93. The molecule has 0 fully saturated rings. The van der Waals surface area contributed by atoms with E-state index in [-0.39, 0.29) is 12.4 Å². The highest BCUT2D eigenvalue weighted by Gasteiger charge is 2.08. The Morgan fingerprint density at radius 3 is 3.00 bits per heavy atom. The van der Waals surface area contributed by atoms with Gasteiger partial charge in [0.05, 0.1) is 13.0 Å². The van der Waals surface area contributed by atoms with E-state index in [0.29, 0.717) is 11.2 Å². The molecule has 0 saturated heterocycles. The number of aromatic nitrogens is 1. The van der Waals surface area contributed by atoms with Gasteiger partial charge in [0.15, 0.2) is 0 Å². The Morgan fingerprint density at radius 2 is 2.36 bits per heavy atom. The number of nitrogens with zero attached hydrogens (tertiary/aromatic N) is 1. The van der Waals surface area contributed by atoms with Gasteiger partial charge in [-0.2, -0.15) is 0 Å². The van der Waals surface area contributed by atoms with Crippen molar-refractivity contribution in [2.75, 3.05) is 6.61 Å². The molecule has 0 atom stereocenters. The molecule has 1 aromatic heterocycles. The van der Waals surface area contributed by atoms with Crippen LogP contribution in [0.5, 0.6) is 0 Å². The van der Waals surface area contributed by atoms with Crippen LogP contribution in [-0.2, 0) is 16.0 Å². The number of halogens is 1. The minimum Gasteiger partial charge on any atom is -0.466 e. The highest BCUT2D eigenvalue weighted by Crippen LogP contribution is 2.15. The van der Waals surface area contributed by atoms with Crippen LogP contribution >= 0.6 is 15.9 Å². The van der Waals surface area contributed by atoms with Gasteiger partial charge in [-0.1, -0.05) is 6.07 Å². The van der Waals surface area contributed by atoms with E-state index < -0.39 is 0 Å². The molecular weight excluding hydrogens is 246 g/mol. The van der Waals surface area contributed by atoms with Crippen LogP contribution < -0.4 is 0 Å². The molecule has 0 aliphatic heterocycles. The smallest absolute Gasteiger partial charge is 0.310 e. The maximum atomic E-state index is 11.2. The minimum atomic E-state index is -0.222. The van der Waals surface area contributed by atoms with Gasteiger partial charge >= 0.3 is 5.97 Å². The second-order valence-corrected chi connectivity index (χ2v) is 3.70. The molecule has 3 nitrogen and oxygen atoms in total. The van der Waals surface area contributed by atoms with Gasteiger partial charge in [-0.05, 0) is 40.9 Å². The molecule has 0 N–H and O–H groups in total. The first-order valence-electron chi connectivity index (χ1n) is 4.40. The Morgan fingerprint density at radius 1 is 1.64 bits per heavy atom. The maximum absolute atomic E-state index is 11.2. The van der Waals surface area contributed by atoms with Crippen molar-refractivity contribution in [2.24, 2.45) is 0 Å². The van der Waals surface area contributed by atoms with Crippen molar-refractivity contribution in [3.8, 4) is 0 Å². The molecule has 76 valence electrons. The van der Waals surface area contributed by atoms with Gasteiger partial charge in [0.2, 0.25) is 0 Å². The summed E-state index contributed by atoms with van der Waals surface area (Å²) in [5, 5.41) is 0.